The second-order valence-corrected chi connectivity index (χ2v) is 25.3. The molecule has 0 aromatic carbocycles. The monoisotopic (exact) mass is 1080 g/mol. The molecule has 0 radical (unpaired) electrons. The molecule has 4 aliphatic carbocycles. The van der Waals surface area contributed by atoms with Crippen molar-refractivity contribution in [1.82, 2.24) is 0 Å². The van der Waals surface area contributed by atoms with E-state index in [0.29, 0.717) is 38.5 Å². The lowest BCUT2D eigenvalue weighted by Crippen LogP contribution is -2.68. The maximum absolute atomic E-state index is 12.8. The van der Waals surface area contributed by atoms with Crippen LogP contribution < -0.4 is 0 Å². The van der Waals surface area contributed by atoms with Gasteiger partial charge in [0.2, 0.25) is 0 Å². The Morgan fingerprint density at radius 1 is 0.587 bits per heavy atom. The summed E-state index contributed by atoms with van der Waals surface area (Å²) < 4.78 is 48.8. The fourth-order valence-electron chi connectivity index (χ4n) is 16.0. The van der Waals surface area contributed by atoms with E-state index in [-0.39, 0.29) is 41.1 Å². The third-order valence-corrected chi connectivity index (χ3v) is 20.5. The Labute approximate surface area is 439 Å². The van der Waals surface area contributed by atoms with Gasteiger partial charge in [0.25, 0.3) is 0 Å². The van der Waals surface area contributed by atoms with Gasteiger partial charge < -0.3 is 109 Å². The lowest BCUT2D eigenvalue weighted by molar-refractivity contribution is -0.378. The van der Waals surface area contributed by atoms with Crippen LogP contribution in [-0.2, 0) is 37.9 Å². The Balaban J connectivity index is 1.01. The molecular weight excluding hydrogens is 989 g/mol. The zero-order valence-corrected chi connectivity index (χ0v) is 44.7. The van der Waals surface area contributed by atoms with Crippen LogP contribution in [0, 0.1) is 45.3 Å². The van der Waals surface area contributed by atoms with Crippen molar-refractivity contribution in [2.75, 3.05) is 26.4 Å². The van der Waals surface area contributed by atoms with Crippen molar-refractivity contribution < 1.29 is 109 Å². The van der Waals surface area contributed by atoms with Crippen molar-refractivity contribution in [3.63, 3.8) is 0 Å². The van der Waals surface area contributed by atoms with E-state index in [9.17, 15) is 71.5 Å². The molecule has 434 valence electrons. The molecule has 8 rings (SSSR count). The van der Waals surface area contributed by atoms with Crippen LogP contribution in [0.5, 0.6) is 0 Å². The predicted molar refractivity (Wildman–Crippen MR) is 260 cm³/mol. The second-order valence-electron chi connectivity index (χ2n) is 25.3. The van der Waals surface area contributed by atoms with E-state index in [2.05, 4.69) is 40.7 Å². The quantitative estimate of drug-likeness (QED) is 0.0651. The summed E-state index contributed by atoms with van der Waals surface area (Å²) in [6.45, 7) is 15.1. The Kier molecular flexibility index (Phi) is 18.1. The van der Waals surface area contributed by atoms with Gasteiger partial charge >= 0.3 is 0 Å². The minimum Gasteiger partial charge on any atom is -0.394 e. The third kappa shape index (κ3) is 10.6. The zero-order valence-electron chi connectivity index (χ0n) is 44.7. The molecule has 19 unspecified atom stereocenters. The molecular formula is C53H90O22. The van der Waals surface area contributed by atoms with E-state index >= 15 is 0 Å². The summed E-state index contributed by atoms with van der Waals surface area (Å²) in [5.74, 6) is -0.395. The summed E-state index contributed by atoms with van der Waals surface area (Å²) in [6, 6.07) is 0. The molecule has 14 N–H and O–H groups in total. The summed E-state index contributed by atoms with van der Waals surface area (Å²) in [7, 11) is 0. The summed E-state index contributed by atoms with van der Waals surface area (Å²) in [5, 5.41) is 151. The van der Waals surface area contributed by atoms with Crippen LogP contribution in [0.2, 0.25) is 0 Å². The Morgan fingerprint density at radius 3 is 1.80 bits per heavy atom. The first kappa shape index (κ1) is 60.0. The van der Waals surface area contributed by atoms with E-state index in [4.69, 9.17) is 37.9 Å². The molecule has 4 aliphatic heterocycles. The highest BCUT2D eigenvalue weighted by atomic mass is 16.8. The summed E-state index contributed by atoms with van der Waals surface area (Å²) in [4.78, 5) is 0. The van der Waals surface area contributed by atoms with Crippen LogP contribution in [0.1, 0.15) is 113 Å². The summed E-state index contributed by atoms with van der Waals surface area (Å²) in [5.41, 5.74) is -1.48. The molecule has 29 atom stereocenters. The molecule has 0 amide bonds. The van der Waals surface area contributed by atoms with Crippen molar-refractivity contribution in [3.8, 4) is 0 Å². The fraction of sp³-hybridized carbons (Fsp3) is 0.962. The van der Waals surface area contributed by atoms with E-state index in [1.54, 1.807) is 0 Å². The molecule has 4 heterocycles. The SMILES string of the molecule is CC(C)=CCC[C@](C)(OC1OC(COC2OCC(O)C(O)C2O)C(O)C(O)C1O)[C@H]1CC[C@]2(C)[C@@H]1[C@H](O)C[C@@H]1[C@@]3(C)CC[C@H](OC4OC(CO)C(O)C(O)C4OC4OC(CO)C(O)C(O)C4O)C(C)(C)[C@@H]3CC[C@]12C. The minimum atomic E-state index is -1.81. The zero-order chi connectivity index (χ0) is 55.1. The number of hydrogen-bond acceptors (Lipinski definition) is 22. The second kappa shape index (κ2) is 22.7. The van der Waals surface area contributed by atoms with Crippen molar-refractivity contribution >= 4 is 0 Å². The molecule has 22 heteroatoms. The van der Waals surface area contributed by atoms with Crippen LogP contribution in [0.4, 0.5) is 0 Å². The van der Waals surface area contributed by atoms with Gasteiger partial charge in [-0.2, -0.15) is 0 Å². The highest BCUT2D eigenvalue weighted by Gasteiger charge is 2.72. The Hall–Kier alpha value is -1.14. The number of rotatable bonds is 15. The summed E-state index contributed by atoms with van der Waals surface area (Å²) in [6.07, 6.45) is -22.6. The predicted octanol–water partition coefficient (Wildman–Crippen LogP) is -1.56. The van der Waals surface area contributed by atoms with Gasteiger partial charge in [-0.3, -0.25) is 0 Å². The van der Waals surface area contributed by atoms with Gasteiger partial charge in [0.05, 0.1) is 44.2 Å². The van der Waals surface area contributed by atoms with Gasteiger partial charge in [0.1, 0.15) is 91.6 Å². The maximum atomic E-state index is 12.8. The lowest BCUT2D eigenvalue weighted by Gasteiger charge is -2.71. The topological polar surface area (TPSA) is 357 Å². The van der Waals surface area contributed by atoms with Gasteiger partial charge in [-0.25, -0.2) is 0 Å². The number of aliphatic hydroxyl groups is 14. The molecule has 4 saturated heterocycles. The number of ether oxygens (including phenoxy) is 8. The molecule has 0 aromatic heterocycles. The van der Waals surface area contributed by atoms with Gasteiger partial charge in [0, 0.05) is 0 Å². The average molecular weight is 1080 g/mol. The van der Waals surface area contributed by atoms with E-state index < -0.39 is 165 Å². The third-order valence-electron chi connectivity index (χ3n) is 20.5. The first-order valence-electron chi connectivity index (χ1n) is 27.3. The van der Waals surface area contributed by atoms with E-state index in [0.717, 1.165) is 24.8 Å². The summed E-state index contributed by atoms with van der Waals surface area (Å²) >= 11 is 0. The van der Waals surface area contributed by atoms with Crippen LogP contribution in [0.25, 0.3) is 0 Å². The average Bonchev–Trinajstić information content (AvgIpc) is 3.75. The standard InChI is InChI=1S/C53H90O22/c1-23(2)10-9-14-53(8,75-47-43(67)39(63)37(61)29(72-47)22-69-45-41(65)34(58)26(57)21-68-45)24-11-16-52(7)33(24)25(56)18-31-50(5)15-13-32(49(3,4)30(50)12-17-51(31,52)6)73-48-44(40(64)36(60)28(20-55)71-48)74-46-42(66)38(62)35(59)27(19-54)70-46/h10,24-48,54-67H,9,11-22H2,1-8H3/t24-,25+,26?,27?,28?,29?,30-,31+,32-,33-,34?,35?,36?,37?,38?,39?,40?,41?,42?,43?,44?,45?,46?,47?,48?,50-,51+,52+,53-/m0/s1. The molecule has 0 aromatic rings. The number of aliphatic hydroxyl groups excluding tert-OH is 14. The fourth-order valence-corrected chi connectivity index (χ4v) is 16.0. The largest absolute Gasteiger partial charge is 0.394 e. The van der Waals surface area contributed by atoms with Crippen LogP contribution in [0.15, 0.2) is 11.6 Å². The molecule has 0 spiro atoms. The highest BCUT2D eigenvalue weighted by molar-refractivity contribution is 5.20. The molecule has 8 aliphatic rings. The molecule has 75 heavy (non-hydrogen) atoms. The molecule has 22 nitrogen and oxygen atoms in total. The minimum absolute atomic E-state index is 0.0508. The van der Waals surface area contributed by atoms with Gasteiger partial charge in [0.15, 0.2) is 25.2 Å². The number of allylic oxidation sites excluding steroid dienone is 2. The van der Waals surface area contributed by atoms with Crippen LogP contribution >= 0.6 is 0 Å². The first-order valence-corrected chi connectivity index (χ1v) is 27.3. The van der Waals surface area contributed by atoms with Gasteiger partial charge in [-0.1, -0.05) is 46.3 Å². The number of fused-ring (bicyclic) bond motifs is 5. The number of hydrogen-bond donors (Lipinski definition) is 14. The maximum Gasteiger partial charge on any atom is 0.187 e. The lowest BCUT2D eigenvalue weighted by atomic mass is 9.35. The Bertz CT molecular complexity index is 1940. The van der Waals surface area contributed by atoms with E-state index in [1.165, 1.54) is 0 Å². The van der Waals surface area contributed by atoms with Crippen LogP contribution in [0.3, 0.4) is 0 Å². The Morgan fingerprint density at radius 2 is 1.16 bits per heavy atom. The van der Waals surface area contributed by atoms with Crippen LogP contribution in [-0.4, -0.2) is 232 Å². The normalized spacial score (nSPS) is 52.7. The molecule has 4 saturated carbocycles. The van der Waals surface area contributed by atoms with E-state index in [1.807, 2.05) is 20.8 Å². The van der Waals surface area contributed by atoms with Gasteiger partial charge in [-0.15, -0.1) is 0 Å². The van der Waals surface area contributed by atoms with Crippen molar-refractivity contribution in [2.24, 2.45) is 45.3 Å². The van der Waals surface area contributed by atoms with Crippen molar-refractivity contribution in [1.29, 1.82) is 0 Å². The first-order chi connectivity index (χ1) is 35.1. The molecule has 8 fully saturated rings. The smallest absolute Gasteiger partial charge is 0.187 e. The van der Waals surface area contributed by atoms with Crippen molar-refractivity contribution in [3.05, 3.63) is 11.6 Å². The molecule has 0 bridgehead atoms. The van der Waals surface area contributed by atoms with Crippen molar-refractivity contribution in [2.45, 2.75) is 248 Å². The highest BCUT2D eigenvalue weighted by Crippen LogP contribution is 2.76. The van der Waals surface area contributed by atoms with Gasteiger partial charge in [-0.05, 0) is 124 Å².